The minimum Gasteiger partial charge on any atom is -0.483 e. The van der Waals surface area contributed by atoms with Crippen molar-refractivity contribution in [1.29, 1.82) is 0 Å². The Hall–Kier alpha value is -2.09. The topological polar surface area (TPSA) is 62.1 Å². The number of rotatable bonds is 9. The van der Waals surface area contributed by atoms with Crippen LogP contribution >= 0.6 is 0 Å². The Morgan fingerprint density at radius 3 is 2.60 bits per heavy atom. The van der Waals surface area contributed by atoms with Gasteiger partial charge in [-0.05, 0) is 42.9 Å². The maximum atomic E-state index is 13.6. The summed E-state index contributed by atoms with van der Waals surface area (Å²) < 4.78 is 46.4. The molecule has 1 amide bonds. The molecule has 0 aromatic heterocycles. The molecule has 1 aromatic carbocycles. The number of hydrazone groups is 1. The SMILES string of the molecule is CCCCCCC1=NN(C(=O)COc2cc(C)ccc2C(C)C)[C@](O)(C(F)(F)F)C1. The highest BCUT2D eigenvalue weighted by molar-refractivity contribution is 5.91. The van der Waals surface area contributed by atoms with Gasteiger partial charge in [0.25, 0.3) is 11.6 Å². The van der Waals surface area contributed by atoms with Crippen LogP contribution in [-0.4, -0.2) is 40.2 Å². The Kier molecular flexibility index (Phi) is 7.91. The smallest absolute Gasteiger partial charge is 0.438 e. The summed E-state index contributed by atoms with van der Waals surface area (Å²) in [5.74, 6) is -0.478. The van der Waals surface area contributed by atoms with Gasteiger partial charge in [0.1, 0.15) is 5.75 Å². The quantitative estimate of drug-likeness (QED) is 0.543. The number of halogens is 3. The first-order chi connectivity index (χ1) is 14.0. The summed E-state index contributed by atoms with van der Waals surface area (Å²) in [5.41, 5.74) is -1.40. The molecule has 0 aliphatic carbocycles. The van der Waals surface area contributed by atoms with Crippen molar-refractivity contribution in [2.24, 2.45) is 5.10 Å². The molecule has 0 saturated heterocycles. The van der Waals surface area contributed by atoms with Crippen molar-refractivity contribution < 1.29 is 27.8 Å². The van der Waals surface area contributed by atoms with Gasteiger partial charge in [0.2, 0.25) is 0 Å². The molecule has 0 fully saturated rings. The molecule has 5 nitrogen and oxygen atoms in total. The zero-order chi connectivity index (χ0) is 22.5. The van der Waals surface area contributed by atoms with Gasteiger partial charge in [-0.25, -0.2) is 0 Å². The van der Waals surface area contributed by atoms with Crippen LogP contribution in [0.15, 0.2) is 23.3 Å². The summed E-state index contributed by atoms with van der Waals surface area (Å²) in [7, 11) is 0. The standard InChI is InChI=1S/C22H31F3N2O3/c1-5-6-7-8-9-17-13-21(29,22(23,24)25)27(26-17)20(28)14-30-19-12-16(4)10-11-18(19)15(2)3/h10-12,15,29H,5-9,13-14H2,1-4H3/t21-/m1/s1. The number of hydrogen-bond acceptors (Lipinski definition) is 4. The van der Waals surface area contributed by atoms with Crippen LogP contribution in [0.25, 0.3) is 0 Å². The molecular formula is C22H31F3N2O3. The van der Waals surface area contributed by atoms with E-state index in [0.717, 1.165) is 30.4 Å². The van der Waals surface area contributed by atoms with Gasteiger partial charge in [-0.1, -0.05) is 52.2 Å². The first kappa shape index (κ1) is 24.2. The Bertz CT molecular complexity index is 777. The summed E-state index contributed by atoms with van der Waals surface area (Å²) in [6.45, 7) is 7.16. The first-order valence-corrected chi connectivity index (χ1v) is 10.4. The molecule has 8 heteroatoms. The normalized spacial score (nSPS) is 19.4. The zero-order valence-electron chi connectivity index (χ0n) is 18.1. The van der Waals surface area contributed by atoms with Gasteiger partial charge in [0.05, 0.1) is 0 Å². The van der Waals surface area contributed by atoms with Gasteiger partial charge >= 0.3 is 6.18 Å². The van der Waals surface area contributed by atoms with Crippen molar-refractivity contribution in [3.8, 4) is 5.75 Å². The average molecular weight is 428 g/mol. The van der Waals surface area contributed by atoms with Gasteiger partial charge in [0, 0.05) is 12.1 Å². The summed E-state index contributed by atoms with van der Waals surface area (Å²) in [6, 6.07) is 5.52. The highest BCUT2D eigenvalue weighted by Gasteiger charge is 2.63. The molecule has 1 aliphatic rings. The second kappa shape index (κ2) is 9.81. The number of ether oxygens (including phenoxy) is 1. The molecule has 30 heavy (non-hydrogen) atoms. The summed E-state index contributed by atoms with van der Waals surface area (Å²) in [4.78, 5) is 12.6. The lowest BCUT2D eigenvalue weighted by Gasteiger charge is -2.32. The number of carbonyl (C=O) groups is 1. The van der Waals surface area contributed by atoms with E-state index >= 15 is 0 Å². The predicted octanol–water partition coefficient (Wildman–Crippen LogP) is 5.31. The highest BCUT2D eigenvalue weighted by atomic mass is 19.4. The van der Waals surface area contributed by atoms with Crippen LogP contribution in [0, 0.1) is 6.92 Å². The summed E-state index contributed by atoms with van der Waals surface area (Å²) >= 11 is 0. The van der Waals surface area contributed by atoms with Gasteiger partial charge in [-0.15, -0.1) is 0 Å². The van der Waals surface area contributed by atoms with Crippen molar-refractivity contribution in [1.82, 2.24) is 5.01 Å². The van der Waals surface area contributed by atoms with Crippen LogP contribution < -0.4 is 4.74 Å². The molecular weight excluding hydrogens is 397 g/mol. The van der Waals surface area contributed by atoms with Crippen LogP contribution in [0.5, 0.6) is 5.75 Å². The van der Waals surface area contributed by atoms with E-state index in [1.54, 1.807) is 6.07 Å². The number of hydrogen-bond donors (Lipinski definition) is 1. The Labute approximate surface area is 175 Å². The molecule has 1 aromatic rings. The third-order valence-corrected chi connectivity index (χ3v) is 5.19. The maximum Gasteiger partial charge on any atom is 0.438 e. The number of aryl methyl sites for hydroxylation is 1. The molecule has 2 rings (SSSR count). The van der Waals surface area contributed by atoms with E-state index in [1.165, 1.54) is 0 Å². The molecule has 0 radical (unpaired) electrons. The largest absolute Gasteiger partial charge is 0.483 e. The van der Waals surface area contributed by atoms with E-state index in [0.29, 0.717) is 18.6 Å². The van der Waals surface area contributed by atoms with Gasteiger partial charge in [-0.2, -0.15) is 23.3 Å². The number of carbonyl (C=O) groups excluding carboxylic acids is 1. The Morgan fingerprint density at radius 1 is 1.30 bits per heavy atom. The van der Waals surface area contributed by atoms with Gasteiger partial charge < -0.3 is 9.84 Å². The summed E-state index contributed by atoms with van der Waals surface area (Å²) in [6.07, 6.45) is -1.93. The molecule has 1 atom stereocenters. The molecule has 0 unspecified atom stereocenters. The molecule has 1 aliphatic heterocycles. The third kappa shape index (κ3) is 5.53. The lowest BCUT2D eigenvalue weighted by Crippen LogP contribution is -2.57. The molecule has 168 valence electrons. The summed E-state index contributed by atoms with van der Waals surface area (Å²) in [5, 5.41) is 14.3. The van der Waals surface area contributed by atoms with Crippen LogP contribution in [0.1, 0.15) is 76.3 Å². The second-order valence-electron chi connectivity index (χ2n) is 8.16. The number of amides is 1. The zero-order valence-corrected chi connectivity index (χ0v) is 18.1. The van der Waals surface area contributed by atoms with Crippen molar-refractivity contribution in [2.45, 2.75) is 84.0 Å². The van der Waals surface area contributed by atoms with Crippen LogP contribution in [0.4, 0.5) is 13.2 Å². The van der Waals surface area contributed by atoms with E-state index < -0.39 is 30.8 Å². The molecule has 0 bridgehead atoms. The lowest BCUT2D eigenvalue weighted by molar-refractivity contribution is -0.302. The van der Waals surface area contributed by atoms with E-state index in [-0.39, 0.29) is 16.6 Å². The molecule has 1 heterocycles. The van der Waals surface area contributed by atoms with Crippen LogP contribution in [0.2, 0.25) is 0 Å². The lowest BCUT2D eigenvalue weighted by atomic mass is 10.0. The third-order valence-electron chi connectivity index (χ3n) is 5.19. The van der Waals surface area contributed by atoms with E-state index in [4.69, 9.17) is 4.74 Å². The fraction of sp³-hybridized carbons (Fsp3) is 0.636. The molecule has 0 saturated carbocycles. The second-order valence-corrected chi connectivity index (χ2v) is 8.16. The number of aliphatic hydroxyl groups is 1. The first-order valence-electron chi connectivity index (χ1n) is 10.4. The van der Waals surface area contributed by atoms with Crippen LogP contribution in [-0.2, 0) is 4.79 Å². The fourth-order valence-corrected chi connectivity index (χ4v) is 3.44. The number of nitrogens with zero attached hydrogens (tertiary/aromatic N) is 2. The molecule has 0 spiro atoms. The van der Waals surface area contributed by atoms with Crippen molar-refractivity contribution in [3.63, 3.8) is 0 Å². The van der Waals surface area contributed by atoms with E-state index in [1.807, 2.05) is 39.8 Å². The molecule has 1 N–H and O–H groups in total. The van der Waals surface area contributed by atoms with Gasteiger partial charge in [-0.3, -0.25) is 4.79 Å². The highest BCUT2D eigenvalue weighted by Crippen LogP contribution is 2.41. The number of benzene rings is 1. The monoisotopic (exact) mass is 428 g/mol. The van der Waals surface area contributed by atoms with E-state index in [9.17, 15) is 23.1 Å². The minimum absolute atomic E-state index is 0.113. The van der Waals surface area contributed by atoms with Crippen molar-refractivity contribution >= 4 is 11.6 Å². The number of unbranched alkanes of at least 4 members (excludes halogenated alkanes) is 3. The average Bonchev–Trinajstić information content (AvgIpc) is 3.01. The van der Waals surface area contributed by atoms with Crippen molar-refractivity contribution in [2.75, 3.05) is 6.61 Å². The Morgan fingerprint density at radius 2 is 2.00 bits per heavy atom. The van der Waals surface area contributed by atoms with E-state index in [2.05, 4.69) is 5.10 Å². The predicted molar refractivity (Wildman–Crippen MR) is 109 cm³/mol. The Balaban J connectivity index is 2.16. The van der Waals surface area contributed by atoms with Crippen molar-refractivity contribution in [3.05, 3.63) is 29.3 Å². The maximum absolute atomic E-state index is 13.6. The number of alkyl halides is 3. The minimum atomic E-state index is -5.02. The fourth-order valence-electron chi connectivity index (χ4n) is 3.44. The van der Waals surface area contributed by atoms with Crippen LogP contribution in [0.3, 0.4) is 0 Å². The van der Waals surface area contributed by atoms with Gasteiger partial charge in [0.15, 0.2) is 6.61 Å².